The maximum atomic E-state index is 6.06. The van der Waals surface area contributed by atoms with E-state index in [1.807, 2.05) is 37.4 Å². The zero-order valence-electron chi connectivity index (χ0n) is 9.91. The molecule has 2 aromatic carbocycles. The van der Waals surface area contributed by atoms with Gasteiger partial charge in [0.25, 0.3) is 0 Å². The number of hydrogen-bond acceptors (Lipinski definition) is 2. The topological polar surface area (TPSA) is 21.3 Å². The van der Waals surface area contributed by atoms with Crippen molar-refractivity contribution >= 4 is 28.9 Å². The van der Waals surface area contributed by atoms with Crippen molar-refractivity contribution in [2.75, 3.05) is 12.4 Å². The van der Waals surface area contributed by atoms with Crippen LogP contribution in [-0.2, 0) is 6.61 Å². The highest BCUT2D eigenvalue weighted by molar-refractivity contribution is 6.33. The number of rotatable bonds is 4. The largest absolute Gasteiger partial charge is 0.489 e. The fourth-order valence-corrected chi connectivity index (χ4v) is 1.90. The summed E-state index contributed by atoms with van der Waals surface area (Å²) in [4.78, 5) is 0. The van der Waals surface area contributed by atoms with E-state index in [9.17, 15) is 0 Å². The van der Waals surface area contributed by atoms with E-state index in [-0.39, 0.29) is 0 Å². The quantitative estimate of drug-likeness (QED) is 0.883. The van der Waals surface area contributed by atoms with Crippen molar-refractivity contribution < 1.29 is 4.74 Å². The average Bonchev–Trinajstić information content (AvgIpc) is 2.40. The lowest BCUT2D eigenvalue weighted by atomic mass is 10.2. The highest BCUT2D eigenvalue weighted by Gasteiger charge is 2.02. The van der Waals surface area contributed by atoms with Crippen LogP contribution in [0.4, 0.5) is 5.69 Å². The van der Waals surface area contributed by atoms with Gasteiger partial charge in [0.05, 0.1) is 0 Å². The number of anilines is 1. The number of benzene rings is 2. The summed E-state index contributed by atoms with van der Waals surface area (Å²) in [5, 5.41) is 4.37. The maximum Gasteiger partial charge on any atom is 0.119 e. The van der Waals surface area contributed by atoms with Gasteiger partial charge in [-0.2, -0.15) is 0 Å². The van der Waals surface area contributed by atoms with E-state index >= 15 is 0 Å². The molecule has 0 unspecified atom stereocenters. The Morgan fingerprint density at radius 2 is 1.78 bits per heavy atom. The van der Waals surface area contributed by atoms with Crippen LogP contribution in [-0.4, -0.2) is 7.05 Å². The van der Waals surface area contributed by atoms with Gasteiger partial charge in [-0.15, -0.1) is 0 Å². The lowest BCUT2D eigenvalue weighted by molar-refractivity contribution is 0.306. The normalized spacial score (nSPS) is 10.2. The zero-order valence-corrected chi connectivity index (χ0v) is 11.4. The minimum Gasteiger partial charge on any atom is -0.489 e. The molecule has 0 aliphatic heterocycles. The molecule has 0 aliphatic carbocycles. The molecule has 0 fully saturated rings. The molecule has 0 aliphatic rings. The van der Waals surface area contributed by atoms with Crippen LogP contribution in [0.1, 0.15) is 5.56 Å². The summed E-state index contributed by atoms with van der Waals surface area (Å²) in [5.74, 6) is 0.796. The van der Waals surface area contributed by atoms with Crippen LogP contribution in [0.25, 0.3) is 0 Å². The summed E-state index contributed by atoms with van der Waals surface area (Å²) >= 11 is 12.0. The van der Waals surface area contributed by atoms with E-state index in [0.29, 0.717) is 16.7 Å². The molecule has 2 aromatic rings. The van der Waals surface area contributed by atoms with Crippen molar-refractivity contribution in [3.05, 3.63) is 58.1 Å². The van der Waals surface area contributed by atoms with Crippen molar-refractivity contribution in [2.24, 2.45) is 0 Å². The predicted octanol–water partition coefficient (Wildman–Crippen LogP) is 4.61. The first-order valence-electron chi connectivity index (χ1n) is 5.53. The van der Waals surface area contributed by atoms with E-state index in [4.69, 9.17) is 27.9 Å². The van der Waals surface area contributed by atoms with Gasteiger partial charge in [-0.1, -0.05) is 23.2 Å². The molecule has 94 valence electrons. The third kappa shape index (κ3) is 3.31. The lowest BCUT2D eigenvalue weighted by Crippen LogP contribution is -1.96. The Balaban J connectivity index is 2.04. The molecule has 0 saturated carbocycles. The predicted molar refractivity (Wildman–Crippen MR) is 76.8 cm³/mol. The van der Waals surface area contributed by atoms with Crippen molar-refractivity contribution in [1.29, 1.82) is 0 Å². The molecule has 0 saturated heterocycles. The minimum absolute atomic E-state index is 0.401. The van der Waals surface area contributed by atoms with Gasteiger partial charge in [0.15, 0.2) is 0 Å². The minimum atomic E-state index is 0.401. The van der Waals surface area contributed by atoms with E-state index in [1.165, 1.54) is 0 Å². The Kier molecular flexibility index (Phi) is 4.34. The molecule has 0 bridgehead atoms. The van der Waals surface area contributed by atoms with Crippen LogP contribution in [0, 0.1) is 0 Å². The molecular weight excluding hydrogens is 269 g/mol. The summed E-state index contributed by atoms with van der Waals surface area (Å²) in [6.45, 7) is 0.401. The molecule has 0 amide bonds. The fraction of sp³-hybridized carbons (Fsp3) is 0.143. The third-order valence-corrected chi connectivity index (χ3v) is 3.15. The monoisotopic (exact) mass is 281 g/mol. The molecule has 2 nitrogen and oxygen atoms in total. The van der Waals surface area contributed by atoms with E-state index in [2.05, 4.69) is 5.32 Å². The van der Waals surface area contributed by atoms with Crippen LogP contribution >= 0.6 is 23.2 Å². The van der Waals surface area contributed by atoms with Crippen LogP contribution in [0.3, 0.4) is 0 Å². The summed E-state index contributed by atoms with van der Waals surface area (Å²) in [6, 6.07) is 13.1. The van der Waals surface area contributed by atoms with Crippen LogP contribution in [0.15, 0.2) is 42.5 Å². The second-order valence-corrected chi connectivity index (χ2v) is 4.64. The van der Waals surface area contributed by atoms with Gasteiger partial charge in [-0.05, 0) is 42.5 Å². The number of ether oxygens (including phenoxy) is 1. The van der Waals surface area contributed by atoms with Gasteiger partial charge < -0.3 is 10.1 Å². The number of halogens is 2. The summed E-state index contributed by atoms with van der Waals surface area (Å²) in [7, 11) is 1.88. The molecule has 18 heavy (non-hydrogen) atoms. The van der Waals surface area contributed by atoms with Gasteiger partial charge in [-0.25, -0.2) is 0 Å². The molecule has 0 spiro atoms. The molecule has 2 rings (SSSR count). The Morgan fingerprint density at radius 1 is 1.06 bits per heavy atom. The standard InChI is InChI=1S/C14H13Cl2NO/c1-17-12-3-5-13(6-4-12)18-9-10-8-11(15)2-7-14(10)16/h2-8,17H,9H2,1H3. The average molecular weight is 282 g/mol. The Labute approximate surface area is 116 Å². The van der Waals surface area contributed by atoms with Gasteiger partial charge >= 0.3 is 0 Å². The van der Waals surface area contributed by atoms with Crippen molar-refractivity contribution in [3.63, 3.8) is 0 Å². The molecule has 0 heterocycles. The molecule has 4 heteroatoms. The van der Waals surface area contributed by atoms with Crippen molar-refractivity contribution in [1.82, 2.24) is 0 Å². The molecule has 0 aromatic heterocycles. The molecular formula is C14H13Cl2NO. The Bertz CT molecular complexity index is 526. The molecule has 1 N–H and O–H groups in total. The maximum absolute atomic E-state index is 6.06. The second kappa shape index (κ2) is 5.98. The van der Waals surface area contributed by atoms with E-state index < -0.39 is 0 Å². The molecule has 0 radical (unpaired) electrons. The highest BCUT2D eigenvalue weighted by atomic mass is 35.5. The third-order valence-electron chi connectivity index (χ3n) is 2.55. The SMILES string of the molecule is CNc1ccc(OCc2cc(Cl)ccc2Cl)cc1. The Hall–Kier alpha value is -1.38. The zero-order chi connectivity index (χ0) is 13.0. The van der Waals surface area contributed by atoms with Gasteiger partial charge in [0.2, 0.25) is 0 Å². The Morgan fingerprint density at radius 3 is 2.44 bits per heavy atom. The van der Waals surface area contributed by atoms with Crippen LogP contribution in [0.2, 0.25) is 10.0 Å². The number of nitrogens with one attached hydrogen (secondary N) is 1. The van der Waals surface area contributed by atoms with Crippen LogP contribution < -0.4 is 10.1 Å². The summed E-state index contributed by atoms with van der Waals surface area (Å²) in [5.41, 5.74) is 1.92. The van der Waals surface area contributed by atoms with Gasteiger partial charge in [0, 0.05) is 28.3 Å². The summed E-state index contributed by atoms with van der Waals surface area (Å²) < 4.78 is 5.66. The highest BCUT2D eigenvalue weighted by Crippen LogP contribution is 2.23. The van der Waals surface area contributed by atoms with Crippen molar-refractivity contribution in [2.45, 2.75) is 6.61 Å². The number of hydrogen-bond donors (Lipinski definition) is 1. The van der Waals surface area contributed by atoms with Crippen LogP contribution in [0.5, 0.6) is 5.75 Å². The van der Waals surface area contributed by atoms with E-state index in [0.717, 1.165) is 17.0 Å². The molecule has 0 atom stereocenters. The summed E-state index contributed by atoms with van der Waals surface area (Å²) in [6.07, 6.45) is 0. The van der Waals surface area contributed by atoms with Gasteiger partial charge in [-0.3, -0.25) is 0 Å². The van der Waals surface area contributed by atoms with E-state index in [1.54, 1.807) is 12.1 Å². The fourth-order valence-electron chi connectivity index (χ4n) is 1.53. The smallest absolute Gasteiger partial charge is 0.119 e. The van der Waals surface area contributed by atoms with Gasteiger partial charge in [0.1, 0.15) is 12.4 Å². The second-order valence-electron chi connectivity index (χ2n) is 3.80. The lowest BCUT2D eigenvalue weighted by Gasteiger charge is -2.09. The first kappa shape index (κ1) is 13.1. The first-order chi connectivity index (χ1) is 8.69. The van der Waals surface area contributed by atoms with Crippen molar-refractivity contribution in [3.8, 4) is 5.75 Å². The first-order valence-corrected chi connectivity index (χ1v) is 6.29.